The highest BCUT2D eigenvalue weighted by Crippen LogP contribution is 2.22. The lowest BCUT2D eigenvalue weighted by molar-refractivity contribution is 0.0595. The van der Waals surface area contributed by atoms with Crippen LogP contribution in [-0.2, 0) is 19.5 Å². The molecule has 9 heteroatoms. The van der Waals surface area contributed by atoms with Crippen LogP contribution in [0.4, 0.5) is 8.78 Å². The van der Waals surface area contributed by atoms with Crippen LogP contribution in [0.2, 0.25) is 0 Å². The number of sulfonamides is 1. The lowest BCUT2D eigenvalue weighted by Gasteiger charge is -2.20. The summed E-state index contributed by atoms with van der Waals surface area (Å²) in [4.78, 5) is 10.6. The van der Waals surface area contributed by atoms with Crippen LogP contribution in [0.1, 0.15) is 30.1 Å². The summed E-state index contributed by atoms with van der Waals surface area (Å²) in [5.41, 5.74) is -0.654. The first-order chi connectivity index (χ1) is 10.8. The SMILES string of the molecule is COC(=O)c1cc(S(=O)(=O)N[C@@H](C)[C@@H]2CCCO2)c(F)cc1F. The maximum Gasteiger partial charge on any atom is 0.340 e. The number of benzene rings is 1. The minimum atomic E-state index is -4.29. The standard InChI is InChI=1S/C14H17F2NO5S/c1-8(12-4-3-5-22-12)17-23(19,20)13-6-9(14(18)21-2)10(15)7-11(13)16/h6-8,12,17H,3-5H2,1-2H3/t8-,12-/m0/s1. The zero-order valence-corrected chi connectivity index (χ0v) is 13.5. The molecule has 1 aromatic rings. The number of ether oxygens (including phenoxy) is 2. The van der Waals surface area contributed by atoms with Crippen LogP contribution in [0, 0.1) is 11.6 Å². The van der Waals surface area contributed by atoms with Crippen molar-refractivity contribution in [3.63, 3.8) is 0 Å². The number of carbonyl (C=O) groups is 1. The average molecular weight is 349 g/mol. The van der Waals surface area contributed by atoms with Crippen LogP contribution in [0.25, 0.3) is 0 Å². The molecule has 23 heavy (non-hydrogen) atoms. The first kappa shape index (κ1) is 17.8. The van der Waals surface area contributed by atoms with E-state index in [1.807, 2.05) is 0 Å². The fourth-order valence-corrected chi connectivity index (χ4v) is 3.74. The molecule has 0 unspecified atom stereocenters. The lowest BCUT2D eigenvalue weighted by Crippen LogP contribution is -2.41. The van der Waals surface area contributed by atoms with Gasteiger partial charge in [0.1, 0.15) is 16.5 Å². The Morgan fingerprint density at radius 3 is 2.65 bits per heavy atom. The highest BCUT2D eigenvalue weighted by Gasteiger charge is 2.30. The van der Waals surface area contributed by atoms with E-state index in [0.29, 0.717) is 25.2 Å². The second-order valence-corrected chi connectivity index (χ2v) is 6.90. The number of esters is 1. The van der Waals surface area contributed by atoms with E-state index >= 15 is 0 Å². The highest BCUT2D eigenvalue weighted by molar-refractivity contribution is 7.89. The number of halogens is 2. The maximum absolute atomic E-state index is 13.9. The van der Waals surface area contributed by atoms with Crippen molar-refractivity contribution in [2.45, 2.75) is 36.8 Å². The number of rotatable bonds is 5. The highest BCUT2D eigenvalue weighted by atomic mass is 32.2. The number of nitrogens with one attached hydrogen (secondary N) is 1. The summed E-state index contributed by atoms with van der Waals surface area (Å²) in [5.74, 6) is -3.58. The molecule has 1 fully saturated rings. The number of methoxy groups -OCH3 is 1. The van der Waals surface area contributed by atoms with Crippen molar-refractivity contribution in [3.05, 3.63) is 29.3 Å². The third-order valence-corrected chi connectivity index (χ3v) is 5.15. The Kier molecular flexibility index (Phi) is 5.33. The number of carbonyl (C=O) groups excluding carboxylic acids is 1. The molecule has 128 valence electrons. The Hall–Kier alpha value is -1.58. The van der Waals surface area contributed by atoms with Crippen molar-refractivity contribution < 1.29 is 31.5 Å². The number of hydrogen-bond donors (Lipinski definition) is 1. The van der Waals surface area contributed by atoms with Gasteiger partial charge in [0.05, 0.1) is 18.8 Å². The van der Waals surface area contributed by atoms with Gasteiger partial charge < -0.3 is 9.47 Å². The van der Waals surface area contributed by atoms with Gasteiger partial charge in [0.15, 0.2) is 0 Å². The molecule has 1 aliphatic heterocycles. The van der Waals surface area contributed by atoms with Crippen molar-refractivity contribution in [2.75, 3.05) is 13.7 Å². The largest absolute Gasteiger partial charge is 0.465 e. The minimum Gasteiger partial charge on any atom is -0.465 e. The molecule has 1 saturated heterocycles. The van der Waals surface area contributed by atoms with E-state index < -0.39 is 44.1 Å². The minimum absolute atomic E-state index is 0.312. The third-order valence-electron chi connectivity index (χ3n) is 3.58. The third kappa shape index (κ3) is 3.85. The topological polar surface area (TPSA) is 81.7 Å². The molecule has 0 spiro atoms. The molecular formula is C14H17F2NO5S. The van der Waals surface area contributed by atoms with Crippen LogP contribution >= 0.6 is 0 Å². The monoisotopic (exact) mass is 349 g/mol. The lowest BCUT2D eigenvalue weighted by atomic mass is 10.1. The van der Waals surface area contributed by atoms with Crippen molar-refractivity contribution >= 4 is 16.0 Å². The molecule has 2 atom stereocenters. The molecule has 1 heterocycles. The van der Waals surface area contributed by atoms with Crippen molar-refractivity contribution in [1.29, 1.82) is 0 Å². The van der Waals surface area contributed by atoms with Crippen molar-refractivity contribution in [1.82, 2.24) is 4.72 Å². The van der Waals surface area contributed by atoms with E-state index in [4.69, 9.17) is 4.74 Å². The summed E-state index contributed by atoms with van der Waals surface area (Å²) in [6.07, 6.45) is 1.19. The van der Waals surface area contributed by atoms with Crippen molar-refractivity contribution in [3.8, 4) is 0 Å². The molecule has 0 saturated carbocycles. The smallest absolute Gasteiger partial charge is 0.340 e. The van der Waals surface area contributed by atoms with Gasteiger partial charge in [-0.25, -0.2) is 26.7 Å². The predicted octanol–water partition coefficient (Wildman–Crippen LogP) is 1.60. The van der Waals surface area contributed by atoms with Crippen LogP contribution in [0.15, 0.2) is 17.0 Å². The molecule has 0 aromatic heterocycles. The van der Waals surface area contributed by atoms with E-state index in [1.165, 1.54) is 0 Å². The second-order valence-electron chi connectivity index (χ2n) is 5.22. The summed E-state index contributed by atoms with van der Waals surface area (Å²) in [6, 6.07) is 0.382. The summed E-state index contributed by atoms with van der Waals surface area (Å²) in [6.45, 7) is 2.13. The van der Waals surface area contributed by atoms with Gasteiger partial charge in [0.25, 0.3) is 0 Å². The van der Waals surface area contributed by atoms with E-state index in [9.17, 15) is 22.0 Å². The Morgan fingerprint density at radius 1 is 1.39 bits per heavy atom. The quantitative estimate of drug-likeness (QED) is 0.817. The van der Waals surface area contributed by atoms with Gasteiger partial charge >= 0.3 is 5.97 Å². The normalized spacial score (nSPS) is 19.6. The molecule has 0 amide bonds. The van der Waals surface area contributed by atoms with Crippen molar-refractivity contribution in [2.24, 2.45) is 0 Å². The van der Waals surface area contributed by atoms with Gasteiger partial charge in [0, 0.05) is 18.7 Å². The Balaban J connectivity index is 2.33. The van der Waals surface area contributed by atoms with Gasteiger partial charge in [0.2, 0.25) is 10.0 Å². The average Bonchev–Trinajstić information content (AvgIpc) is 3.00. The van der Waals surface area contributed by atoms with Crippen LogP contribution in [0.5, 0.6) is 0 Å². The zero-order chi connectivity index (χ0) is 17.2. The van der Waals surface area contributed by atoms with Gasteiger partial charge in [-0.1, -0.05) is 0 Å². The van der Waals surface area contributed by atoms with E-state index in [1.54, 1.807) is 6.92 Å². The molecule has 0 aliphatic carbocycles. The molecule has 0 bridgehead atoms. The summed E-state index contributed by atoms with van der Waals surface area (Å²) < 4.78 is 64.1. The second kappa shape index (κ2) is 6.90. The van der Waals surface area contributed by atoms with Gasteiger partial charge in [-0.3, -0.25) is 0 Å². The van der Waals surface area contributed by atoms with E-state index in [0.717, 1.165) is 13.5 Å². The fourth-order valence-electron chi connectivity index (χ4n) is 2.38. The Labute approximate surface area is 132 Å². The predicted molar refractivity (Wildman–Crippen MR) is 76.5 cm³/mol. The van der Waals surface area contributed by atoms with E-state index in [2.05, 4.69) is 9.46 Å². The molecule has 6 nitrogen and oxygen atoms in total. The molecule has 2 rings (SSSR count). The Bertz CT molecular complexity index is 701. The summed E-state index contributed by atoms with van der Waals surface area (Å²) in [7, 11) is -3.28. The van der Waals surface area contributed by atoms with Gasteiger partial charge in [-0.15, -0.1) is 0 Å². The first-order valence-corrected chi connectivity index (χ1v) is 8.46. The van der Waals surface area contributed by atoms with Crippen LogP contribution in [-0.4, -0.2) is 40.2 Å². The fraction of sp³-hybridized carbons (Fsp3) is 0.500. The molecule has 1 N–H and O–H groups in total. The zero-order valence-electron chi connectivity index (χ0n) is 12.6. The number of hydrogen-bond acceptors (Lipinski definition) is 5. The first-order valence-electron chi connectivity index (χ1n) is 6.97. The van der Waals surface area contributed by atoms with Crippen LogP contribution in [0.3, 0.4) is 0 Å². The van der Waals surface area contributed by atoms with E-state index in [-0.39, 0.29) is 6.10 Å². The maximum atomic E-state index is 13.9. The molecule has 0 radical (unpaired) electrons. The van der Waals surface area contributed by atoms with Crippen LogP contribution < -0.4 is 4.72 Å². The molecular weight excluding hydrogens is 332 g/mol. The van der Waals surface area contributed by atoms with Gasteiger partial charge in [-0.05, 0) is 25.8 Å². The Morgan fingerprint density at radius 2 is 2.09 bits per heavy atom. The molecule has 1 aliphatic rings. The summed E-state index contributed by atoms with van der Waals surface area (Å²) >= 11 is 0. The molecule has 1 aromatic carbocycles. The summed E-state index contributed by atoms with van der Waals surface area (Å²) in [5, 5.41) is 0. The van der Waals surface area contributed by atoms with Gasteiger partial charge in [-0.2, -0.15) is 0 Å².